The van der Waals surface area contributed by atoms with Gasteiger partial charge in [0.25, 0.3) is 0 Å². The summed E-state index contributed by atoms with van der Waals surface area (Å²) in [4.78, 5) is 3.93. The normalized spacial score (nSPS) is 19.1. The van der Waals surface area contributed by atoms with Crippen LogP contribution >= 0.6 is 27.5 Å². The average molecular weight is 278 g/mol. The number of aliphatic hydroxyl groups is 1. The minimum absolute atomic E-state index is 0.457. The molecule has 2 N–H and O–H groups in total. The predicted octanol–water partition coefficient (Wildman–Crippen LogP) is 1.37. The van der Waals surface area contributed by atoms with Crippen LogP contribution in [0.5, 0.6) is 0 Å². The number of rotatable bonds is 2. The van der Waals surface area contributed by atoms with E-state index in [-0.39, 0.29) is 0 Å². The van der Waals surface area contributed by atoms with Crippen molar-refractivity contribution >= 4 is 27.5 Å². The van der Waals surface area contributed by atoms with Crippen LogP contribution in [-0.2, 0) is 6.42 Å². The Morgan fingerprint density at radius 1 is 1.64 bits per heavy atom. The maximum atomic E-state index is 9.93. The fourth-order valence-electron chi connectivity index (χ4n) is 1.48. The second kappa shape index (κ2) is 3.77. The minimum atomic E-state index is -0.618. The van der Waals surface area contributed by atoms with Crippen molar-refractivity contribution in [3.63, 3.8) is 0 Å². The fourth-order valence-corrected chi connectivity index (χ4v) is 2.02. The molecule has 0 aromatic carbocycles. The summed E-state index contributed by atoms with van der Waals surface area (Å²) in [5.74, 6) is 0. The Kier molecular flexibility index (Phi) is 2.79. The first-order valence-electron chi connectivity index (χ1n) is 4.32. The van der Waals surface area contributed by atoms with E-state index < -0.39 is 5.60 Å². The number of β-amino-alcohol motifs (C(OH)–C–C–N with tert-alkyl or cyclic N) is 1. The van der Waals surface area contributed by atoms with Gasteiger partial charge in [0, 0.05) is 30.2 Å². The van der Waals surface area contributed by atoms with Crippen LogP contribution < -0.4 is 5.32 Å². The lowest BCUT2D eigenvalue weighted by Gasteiger charge is -2.37. The molecule has 2 heterocycles. The molecule has 1 aromatic rings. The van der Waals surface area contributed by atoms with Gasteiger partial charge in [-0.3, -0.25) is 0 Å². The quantitative estimate of drug-likeness (QED) is 0.803. The molecule has 0 atom stereocenters. The van der Waals surface area contributed by atoms with E-state index in [1.165, 1.54) is 0 Å². The highest BCUT2D eigenvalue weighted by atomic mass is 79.9. The zero-order valence-corrected chi connectivity index (χ0v) is 9.77. The summed E-state index contributed by atoms with van der Waals surface area (Å²) in [6.45, 7) is 1.28. The summed E-state index contributed by atoms with van der Waals surface area (Å²) in [6, 6.07) is 1.78. The largest absolute Gasteiger partial charge is 0.387 e. The third-order valence-corrected chi connectivity index (χ3v) is 3.25. The predicted molar refractivity (Wildman–Crippen MR) is 58.5 cm³/mol. The molecule has 1 aromatic heterocycles. The van der Waals surface area contributed by atoms with Crippen LogP contribution in [0.4, 0.5) is 0 Å². The summed E-state index contributed by atoms with van der Waals surface area (Å²) in [5, 5.41) is 13.4. The molecule has 0 radical (unpaired) electrons. The molecule has 0 unspecified atom stereocenters. The van der Waals surface area contributed by atoms with Gasteiger partial charge in [-0.15, -0.1) is 0 Å². The Morgan fingerprint density at radius 2 is 2.36 bits per heavy atom. The summed E-state index contributed by atoms with van der Waals surface area (Å²) in [7, 11) is 0. The summed E-state index contributed by atoms with van der Waals surface area (Å²) in [6.07, 6.45) is 2.26. The molecule has 1 saturated heterocycles. The molecule has 0 amide bonds. The average Bonchev–Trinajstić information content (AvgIpc) is 2.09. The topological polar surface area (TPSA) is 45.2 Å². The molecule has 0 bridgehead atoms. The smallest absolute Gasteiger partial charge is 0.129 e. The van der Waals surface area contributed by atoms with Crippen LogP contribution in [0.25, 0.3) is 0 Å². The molecular formula is C9H10BrClN2O. The number of aromatic nitrogens is 1. The first-order valence-corrected chi connectivity index (χ1v) is 5.49. The van der Waals surface area contributed by atoms with Crippen LogP contribution in [-0.4, -0.2) is 28.8 Å². The van der Waals surface area contributed by atoms with E-state index in [1.54, 1.807) is 12.3 Å². The number of pyridine rings is 1. The van der Waals surface area contributed by atoms with E-state index in [1.807, 2.05) is 0 Å². The molecule has 1 aliphatic rings. The lowest BCUT2D eigenvalue weighted by atomic mass is 9.90. The van der Waals surface area contributed by atoms with E-state index in [9.17, 15) is 5.11 Å². The van der Waals surface area contributed by atoms with Crippen molar-refractivity contribution in [1.82, 2.24) is 10.3 Å². The maximum absolute atomic E-state index is 9.93. The van der Waals surface area contributed by atoms with Crippen molar-refractivity contribution in [2.45, 2.75) is 12.0 Å². The highest BCUT2D eigenvalue weighted by Crippen LogP contribution is 2.25. The van der Waals surface area contributed by atoms with Gasteiger partial charge in [0.05, 0.1) is 5.60 Å². The van der Waals surface area contributed by atoms with Gasteiger partial charge < -0.3 is 10.4 Å². The van der Waals surface area contributed by atoms with Crippen LogP contribution in [0.2, 0.25) is 5.15 Å². The molecule has 2 rings (SSSR count). The third-order valence-electron chi connectivity index (χ3n) is 2.33. The van der Waals surface area contributed by atoms with E-state index >= 15 is 0 Å². The van der Waals surface area contributed by atoms with Crippen molar-refractivity contribution in [1.29, 1.82) is 0 Å². The monoisotopic (exact) mass is 276 g/mol. The number of nitrogens with zero attached hydrogens (tertiary/aromatic N) is 1. The van der Waals surface area contributed by atoms with Gasteiger partial charge in [0.1, 0.15) is 5.15 Å². The minimum Gasteiger partial charge on any atom is -0.387 e. The molecule has 14 heavy (non-hydrogen) atoms. The Hall–Kier alpha value is -0.160. The SMILES string of the molecule is OC1(Cc2cc(Cl)ncc2Br)CNC1. The molecule has 0 aliphatic carbocycles. The lowest BCUT2D eigenvalue weighted by molar-refractivity contribution is -0.00916. The summed E-state index contributed by atoms with van der Waals surface area (Å²) < 4.78 is 0.891. The van der Waals surface area contributed by atoms with Gasteiger partial charge in [-0.25, -0.2) is 4.98 Å². The molecule has 0 spiro atoms. The van der Waals surface area contributed by atoms with Gasteiger partial charge in [-0.2, -0.15) is 0 Å². The molecule has 3 nitrogen and oxygen atoms in total. The van der Waals surface area contributed by atoms with Crippen molar-refractivity contribution in [3.05, 3.63) is 27.5 Å². The Bertz CT molecular complexity index is 355. The van der Waals surface area contributed by atoms with Crippen molar-refractivity contribution in [3.8, 4) is 0 Å². The van der Waals surface area contributed by atoms with Gasteiger partial charge in [-0.1, -0.05) is 11.6 Å². The van der Waals surface area contributed by atoms with Crippen molar-refractivity contribution in [2.24, 2.45) is 0 Å². The first kappa shape index (κ1) is 10.4. The summed E-state index contributed by atoms with van der Waals surface area (Å²) in [5.41, 5.74) is 0.377. The Balaban J connectivity index is 2.19. The van der Waals surface area contributed by atoms with Crippen LogP contribution in [0.3, 0.4) is 0 Å². The highest BCUT2D eigenvalue weighted by molar-refractivity contribution is 9.10. The third kappa shape index (κ3) is 2.08. The molecule has 5 heteroatoms. The molecule has 0 saturated carbocycles. The van der Waals surface area contributed by atoms with Gasteiger partial charge >= 0.3 is 0 Å². The first-order chi connectivity index (χ1) is 6.59. The Morgan fingerprint density at radius 3 is 2.93 bits per heavy atom. The molecule has 76 valence electrons. The number of hydrogen-bond acceptors (Lipinski definition) is 3. The van der Waals surface area contributed by atoms with Gasteiger partial charge in [-0.05, 0) is 27.6 Å². The number of hydrogen-bond donors (Lipinski definition) is 2. The maximum Gasteiger partial charge on any atom is 0.129 e. The second-order valence-corrected chi connectivity index (χ2v) is 4.84. The van der Waals surface area contributed by atoms with Crippen molar-refractivity contribution in [2.75, 3.05) is 13.1 Å². The van der Waals surface area contributed by atoms with E-state index in [0.717, 1.165) is 10.0 Å². The molecular weight excluding hydrogens is 267 g/mol. The second-order valence-electron chi connectivity index (χ2n) is 3.60. The van der Waals surface area contributed by atoms with E-state index in [2.05, 4.69) is 26.2 Å². The van der Waals surface area contributed by atoms with E-state index in [4.69, 9.17) is 11.6 Å². The number of nitrogens with one attached hydrogen (secondary N) is 1. The standard InChI is InChI=1S/C9H10BrClN2O/c10-7-3-13-8(11)1-6(7)2-9(14)4-12-5-9/h1,3,12,14H,2,4-5H2. The lowest BCUT2D eigenvalue weighted by Crippen LogP contribution is -2.60. The molecule has 1 fully saturated rings. The highest BCUT2D eigenvalue weighted by Gasteiger charge is 2.34. The van der Waals surface area contributed by atoms with Crippen molar-refractivity contribution < 1.29 is 5.11 Å². The zero-order valence-electron chi connectivity index (χ0n) is 7.43. The summed E-state index contributed by atoms with van der Waals surface area (Å²) >= 11 is 9.16. The molecule has 1 aliphatic heterocycles. The Labute approximate surface area is 95.6 Å². The van der Waals surface area contributed by atoms with Crippen LogP contribution in [0.15, 0.2) is 16.7 Å². The number of halogens is 2. The van der Waals surface area contributed by atoms with Gasteiger partial charge in [0.15, 0.2) is 0 Å². The zero-order chi connectivity index (χ0) is 10.2. The van der Waals surface area contributed by atoms with Crippen LogP contribution in [0, 0.1) is 0 Å². The van der Waals surface area contributed by atoms with E-state index in [0.29, 0.717) is 24.7 Å². The van der Waals surface area contributed by atoms with Gasteiger partial charge in [0.2, 0.25) is 0 Å². The fraction of sp³-hybridized carbons (Fsp3) is 0.444. The van der Waals surface area contributed by atoms with Crippen LogP contribution in [0.1, 0.15) is 5.56 Å².